The van der Waals surface area contributed by atoms with Crippen molar-refractivity contribution in [2.45, 2.75) is 18.9 Å². The van der Waals surface area contributed by atoms with Gasteiger partial charge >= 0.3 is 11.9 Å². The number of alkyl halides is 2. The Balaban J connectivity index is 2.38. The predicted octanol–water partition coefficient (Wildman–Crippen LogP) is 2.37. The van der Waals surface area contributed by atoms with E-state index in [0.717, 1.165) is 0 Å². The summed E-state index contributed by atoms with van der Waals surface area (Å²) < 4.78 is 32.1. The van der Waals surface area contributed by atoms with Crippen LogP contribution >= 0.6 is 0 Å². The number of hydrogen-bond acceptors (Lipinski definition) is 3. The molecule has 0 unspecified atom stereocenters. The standard InChI is InChI=1S/C13H14F2N2O2/c1-2-19-12(18)13(14,15)11(16)9-7-17-10-6-4-3-5-8(9)10/h3-7,11,17H,2,16H2,1H3/t11-/m0/s1. The number of ether oxygens (including phenoxy) is 1. The van der Waals surface area contributed by atoms with E-state index in [1.54, 1.807) is 24.3 Å². The fourth-order valence-corrected chi connectivity index (χ4v) is 1.90. The molecule has 102 valence electrons. The van der Waals surface area contributed by atoms with E-state index >= 15 is 0 Å². The first kappa shape index (κ1) is 13.5. The Morgan fingerprint density at radius 3 is 2.84 bits per heavy atom. The highest BCUT2D eigenvalue weighted by atomic mass is 19.3. The number of aromatic nitrogens is 1. The fraction of sp³-hybridized carbons (Fsp3) is 0.308. The molecule has 1 aromatic carbocycles. The number of aromatic amines is 1. The SMILES string of the molecule is CCOC(=O)C(F)(F)[C@@H](N)c1c[nH]c2ccccc12. The van der Waals surface area contributed by atoms with Crippen molar-refractivity contribution in [2.75, 3.05) is 6.61 Å². The minimum atomic E-state index is -3.76. The van der Waals surface area contributed by atoms with Crippen molar-refractivity contribution in [3.8, 4) is 0 Å². The van der Waals surface area contributed by atoms with Crippen LogP contribution in [0.25, 0.3) is 10.9 Å². The zero-order valence-electron chi connectivity index (χ0n) is 10.3. The summed E-state index contributed by atoms with van der Waals surface area (Å²) in [5.41, 5.74) is 6.42. The van der Waals surface area contributed by atoms with Crippen LogP contribution in [0.5, 0.6) is 0 Å². The monoisotopic (exact) mass is 268 g/mol. The number of fused-ring (bicyclic) bond motifs is 1. The molecule has 2 aromatic rings. The van der Waals surface area contributed by atoms with Gasteiger partial charge in [-0.3, -0.25) is 0 Å². The van der Waals surface area contributed by atoms with Crippen LogP contribution in [0.4, 0.5) is 8.78 Å². The molecule has 19 heavy (non-hydrogen) atoms. The van der Waals surface area contributed by atoms with Gasteiger partial charge in [-0.05, 0) is 13.0 Å². The minimum Gasteiger partial charge on any atom is -0.462 e. The van der Waals surface area contributed by atoms with E-state index in [1.807, 2.05) is 0 Å². The summed E-state index contributed by atoms with van der Waals surface area (Å²) in [5.74, 6) is -5.37. The maximum absolute atomic E-state index is 13.9. The molecule has 0 saturated heterocycles. The molecule has 0 bridgehead atoms. The lowest BCUT2D eigenvalue weighted by Gasteiger charge is -2.21. The van der Waals surface area contributed by atoms with Crippen molar-refractivity contribution in [2.24, 2.45) is 5.73 Å². The van der Waals surface area contributed by atoms with Crippen molar-refractivity contribution in [3.63, 3.8) is 0 Å². The third kappa shape index (κ3) is 2.31. The number of para-hydroxylation sites is 1. The second kappa shape index (κ2) is 4.97. The van der Waals surface area contributed by atoms with Gasteiger partial charge in [0.25, 0.3) is 0 Å². The van der Waals surface area contributed by atoms with Crippen molar-refractivity contribution in [1.82, 2.24) is 4.98 Å². The van der Waals surface area contributed by atoms with Gasteiger partial charge in [0, 0.05) is 22.7 Å². The maximum Gasteiger partial charge on any atom is 0.379 e. The lowest BCUT2D eigenvalue weighted by atomic mass is 10.0. The van der Waals surface area contributed by atoms with E-state index < -0.39 is 17.9 Å². The number of carbonyl (C=O) groups excluding carboxylic acids is 1. The molecule has 0 radical (unpaired) electrons. The number of nitrogens with two attached hydrogens (primary N) is 1. The first-order valence-corrected chi connectivity index (χ1v) is 5.85. The third-order valence-corrected chi connectivity index (χ3v) is 2.89. The molecule has 4 nitrogen and oxygen atoms in total. The summed E-state index contributed by atoms with van der Waals surface area (Å²) in [4.78, 5) is 14.1. The van der Waals surface area contributed by atoms with Crippen LogP contribution in [0.2, 0.25) is 0 Å². The Kier molecular flexibility index (Phi) is 3.53. The van der Waals surface area contributed by atoms with Gasteiger partial charge in [0.2, 0.25) is 0 Å². The largest absolute Gasteiger partial charge is 0.462 e. The zero-order chi connectivity index (χ0) is 14.0. The normalized spacial score (nSPS) is 13.5. The molecule has 0 spiro atoms. The highest BCUT2D eigenvalue weighted by molar-refractivity contribution is 5.86. The molecule has 2 rings (SSSR count). The van der Waals surface area contributed by atoms with Crippen LogP contribution in [0, 0.1) is 0 Å². The number of esters is 1. The number of H-pyrrole nitrogens is 1. The van der Waals surface area contributed by atoms with Crippen LogP contribution in [0.1, 0.15) is 18.5 Å². The molecule has 0 aliphatic rings. The lowest BCUT2D eigenvalue weighted by molar-refractivity contribution is -0.174. The van der Waals surface area contributed by atoms with E-state index in [4.69, 9.17) is 5.73 Å². The molecule has 1 atom stereocenters. The van der Waals surface area contributed by atoms with Crippen molar-refractivity contribution >= 4 is 16.9 Å². The van der Waals surface area contributed by atoms with Gasteiger partial charge in [-0.1, -0.05) is 18.2 Å². The molecular formula is C13H14F2N2O2. The number of benzene rings is 1. The molecule has 1 heterocycles. The Hall–Kier alpha value is -1.95. The van der Waals surface area contributed by atoms with Gasteiger partial charge in [0.05, 0.1) is 6.61 Å². The van der Waals surface area contributed by atoms with E-state index in [9.17, 15) is 13.6 Å². The highest BCUT2D eigenvalue weighted by Crippen LogP contribution is 2.34. The molecule has 0 fully saturated rings. The van der Waals surface area contributed by atoms with Gasteiger partial charge < -0.3 is 15.5 Å². The summed E-state index contributed by atoms with van der Waals surface area (Å²) >= 11 is 0. The quantitative estimate of drug-likeness (QED) is 0.836. The molecule has 0 aliphatic carbocycles. The molecule has 6 heteroatoms. The lowest BCUT2D eigenvalue weighted by Crippen LogP contribution is -2.41. The average molecular weight is 268 g/mol. The molecule has 0 saturated carbocycles. The minimum absolute atomic E-state index is 0.116. The predicted molar refractivity (Wildman–Crippen MR) is 66.8 cm³/mol. The summed E-state index contributed by atoms with van der Waals surface area (Å²) in [6.07, 6.45) is 1.39. The van der Waals surface area contributed by atoms with Gasteiger partial charge in [0.1, 0.15) is 6.04 Å². The van der Waals surface area contributed by atoms with Gasteiger partial charge in [-0.2, -0.15) is 8.78 Å². The van der Waals surface area contributed by atoms with Crippen LogP contribution < -0.4 is 5.73 Å². The summed E-state index contributed by atoms with van der Waals surface area (Å²) in [6.45, 7) is 1.35. The smallest absolute Gasteiger partial charge is 0.379 e. The highest BCUT2D eigenvalue weighted by Gasteiger charge is 2.48. The molecule has 0 aliphatic heterocycles. The van der Waals surface area contributed by atoms with E-state index in [2.05, 4.69) is 9.72 Å². The van der Waals surface area contributed by atoms with Gasteiger partial charge in [-0.15, -0.1) is 0 Å². The number of nitrogens with one attached hydrogen (secondary N) is 1. The van der Waals surface area contributed by atoms with Crippen LogP contribution in [-0.2, 0) is 9.53 Å². The average Bonchev–Trinajstić information content (AvgIpc) is 2.81. The fourth-order valence-electron chi connectivity index (χ4n) is 1.90. The van der Waals surface area contributed by atoms with Crippen molar-refractivity contribution in [1.29, 1.82) is 0 Å². The summed E-state index contributed by atoms with van der Waals surface area (Å²) in [5, 5.41) is 0.568. The molecule has 3 N–H and O–H groups in total. The number of rotatable bonds is 4. The van der Waals surface area contributed by atoms with Crippen molar-refractivity contribution < 1.29 is 18.3 Å². The second-order valence-corrected chi connectivity index (χ2v) is 4.11. The maximum atomic E-state index is 13.9. The van der Waals surface area contributed by atoms with Crippen LogP contribution in [0.15, 0.2) is 30.5 Å². The van der Waals surface area contributed by atoms with Crippen molar-refractivity contribution in [3.05, 3.63) is 36.0 Å². The first-order chi connectivity index (χ1) is 8.98. The number of halogens is 2. The topological polar surface area (TPSA) is 68.1 Å². The van der Waals surface area contributed by atoms with Gasteiger partial charge in [-0.25, -0.2) is 4.79 Å². The first-order valence-electron chi connectivity index (χ1n) is 5.85. The second-order valence-electron chi connectivity index (χ2n) is 4.11. The summed E-state index contributed by atoms with van der Waals surface area (Å²) in [7, 11) is 0. The summed E-state index contributed by atoms with van der Waals surface area (Å²) in [6, 6.07) is 5.16. The molecular weight excluding hydrogens is 254 g/mol. The third-order valence-electron chi connectivity index (χ3n) is 2.89. The number of hydrogen-bond donors (Lipinski definition) is 2. The van der Waals surface area contributed by atoms with E-state index in [1.165, 1.54) is 13.1 Å². The Bertz CT molecular complexity index is 595. The Morgan fingerprint density at radius 2 is 2.16 bits per heavy atom. The molecule has 0 amide bonds. The van der Waals surface area contributed by atoms with E-state index in [0.29, 0.717) is 10.9 Å². The van der Waals surface area contributed by atoms with Crippen LogP contribution in [-0.4, -0.2) is 23.5 Å². The molecule has 1 aromatic heterocycles. The van der Waals surface area contributed by atoms with Gasteiger partial charge in [0.15, 0.2) is 0 Å². The zero-order valence-corrected chi connectivity index (χ0v) is 10.3. The van der Waals surface area contributed by atoms with E-state index in [-0.39, 0.29) is 12.2 Å². The number of carbonyl (C=O) groups is 1. The Labute approximate surface area is 108 Å². The van der Waals surface area contributed by atoms with Crippen LogP contribution in [0.3, 0.4) is 0 Å². The Morgan fingerprint density at radius 1 is 1.47 bits per heavy atom.